The molecule has 1 unspecified atom stereocenters. The van der Waals surface area contributed by atoms with Gasteiger partial charge in [0.2, 0.25) is 5.91 Å². The number of carbonyl (C=O) groups excluding carboxylic acids is 2. The van der Waals surface area contributed by atoms with Crippen LogP contribution >= 0.6 is 0 Å². The van der Waals surface area contributed by atoms with Gasteiger partial charge >= 0.3 is 0 Å². The highest BCUT2D eigenvalue weighted by Crippen LogP contribution is 2.24. The molecule has 0 saturated heterocycles. The summed E-state index contributed by atoms with van der Waals surface area (Å²) in [6, 6.07) is 9.75. The number of ketones is 1. The Hall–Kier alpha value is -2.36. The van der Waals surface area contributed by atoms with E-state index in [1.54, 1.807) is 6.08 Å². The number of benzene rings is 1. The van der Waals surface area contributed by atoms with Crippen LogP contribution < -0.4 is 10.6 Å². The number of amides is 1. The molecule has 2 N–H and O–H groups in total. The van der Waals surface area contributed by atoms with Crippen molar-refractivity contribution in [2.24, 2.45) is 11.3 Å². The summed E-state index contributed by atoms with van der Waals surface area (Å²) < 4.78 is 0. The van der Waals surface area contributed by atoms with Crippen molar-refractivity contribution in [2.45, 2.75) is 46.6 Å². The van der Waals surface area contributed by atoms with Gasteiger partial charge in [0, 0.05) is 31.0 Å². The van der Waals surface area contributed by atoms with Crippen molar-refractivity contribution in [1.29, 1.82) is 0 Å². The lowest BCUT2D eigenvalue weighted by atomic mass is 9.85. The Morgan fingerprint density at radius 3 is 2.38 bits per heavy atom. The maximum atomic E-state index is 12.3. The number of nitrogens with one attached hydrogen (secondary N) is 2. The van der Waals surface area contributed by atoms with E-state index in [0.29, 0.717) is 31.5 Å². The summed E-state index contributed by atoms with van der Waals surface area (Å²) >= 11 is 0. The van der Waals surface area contributed by atoms with E-state index < -0.39 is 0 Å². The molecule has 1 amide bonds. The van der Waals surface area contributed by atoms with Crippen molar-refractivity contribution in [3.05, 3.63) is 60.8 Å². The molecule has 1 aromatic rings. The highest BCUT2D eigenvalue weighted by Gasteiger charge is 2.21. The molecule has 0 heterocycles. The molecule has 0 spiro atoms. The van der Waals surface area contributed by atoms with Crippen molar-refractivity contribution in [1.82, 2.24) is 10.6 Å². The van der Waals surface area contributed by atoms with Gasteiger partial charge in [-0.05, 0) is 17.4 Å². The zero-order valence-corrected chi connectivity index (χ0v) is 16.3. The predicted molar refractivity (Wildman–Crippen MR) is 107 cm³/mol. The van der Waals surface area contributed by atoms with E-state index in [9.17, 15) is 9.59 Å². The van der Waals surface area contributed by atoms with Gasteiger partial charge in [-0.3, -0.25) is 9.59 Å². The van der Waals surface area contributed by atoms with Gasteiger partial charge in [-0.2, -0.15) is 0 Å². The minimum absolute atomic E-state index is 0.0259. The van der Waals surface area contributed by atoms with Crippen LogP contribution in [0, 0.1) is 11.3 Å². The van der Waals surface area contributed by atoms with Crippen LogP contribution in [0.4, 0.5) is 0 Å². The fourth-order valence-electron chi connectivity index (χ4n) is 2.69. The van der Waals surface area contributed by atoms with E-state index in [-0.39, 0.29) is 29.6 Å². The van der Waals surface area contributed by atoms with E-state index in [0.717, 1.165) is 5.56 Å². The van der Waals surface area contributed by atoms with Gasteiger partial charge in [-0.15, -0.1) is 6.58 Å². The van der Waals surface area contributed by atoms with Crippen molar-refractivity contribution in [2.75, 3.05) is 6.54 Å². The Morgan fingerprint density at radius 2 is 1.81 bits per heavy atom. The summed E-state index contributed by atoms with van der Waals surface area (Å²) in [5.41, 5.74) is 1.74. The highest BCUT2D eigenvalue weighted by molar-refractivity contribution is 5.80. The van der Waals surface area contributed by atoms with Crippen LogP contribution in [-0.4, -0.2) is 18.2 Å². The molecule has 1 rings (SSSR count). The van der Waals surface area contributed by atoms with Crippen molar-refractivity contribution in [3.8, 4) is 0 Å². The van der Waals surface area contributed by atoms with E-state index in [1.807, 2.05) is 30.3 Å². The molecule has 4 nitrogen and oxygen atoms in total. The topological polar surface area (TPSA) is 58.2 Å². The average Bonchev–Trinajstić information content (AvgIpc) is 2.56. The van der Waals surface area contributed by atoms with E-state index in [4.69, 9.17) is 0 Å². The highest BCUT2D eigenvalue weighted by atomic mass is 16.2. The SMILES string of the molecule is C=CCC(CC(=O)CC(C)(C)C)C(=C)NCC(=O)NCc1ccccc1. The van der Waals surface area contributed by atoms with Crippen LogP contribution in [0.5, 0.6) is 0 Å². The summed E-state index contributed by atoms with van der Waals surface area (Å²) in [7, 11) is 0. The average molecular weight is 357 g/mol. The summed E-state index contributed by atoms with van der Waals surface area (Å²) in [5, 5.41) is 5.93. The molecule has 0 aliphatic heterocycles. The zero-order chi connectivity index (χ0) is 19.6. The molecule has 1 atom stereocenters. The van der Waals surface area contributed by atoms with Crippen LogP contribution in [0.25, 0.3) is 0 Å². The lowest BCUT2D eigenvalue weighted by molar-refractivity contribution is -0.121. The summed E-state index contributed by atoms with van der Waals surface area (Å²) in [5.74, 6) is 0.0680. The Kier molecular flexibility index (Phi) is 8.83. The first-order valence-corrected chi connectivity index (χ1v) is 9.07. The molecular formula is C22H32N2O2. The van der Waals surface area contributed by atoms with Gasteiger partial charge in [0.05, 0.1) is 6.54 Å². The number of carbonyl (C=O) groups is 2. The van der Waals surface area contributed by atoms with Crippen LogP contribution in [0.3, 0.4) is 0 Å². The summed E-state index contributed by atoms with van der Waals surface area (Å²) in [4.78, 5) is 24.3. The van der Waals surface area contributed by atoms with Crippen LogP contribution in [-0.2, 0) is 16.1 Å². The Labute approximate surface area is 157 Å². The number of hydrogen-bond acceptors (Lipinski definition) is 3. The molecule has 1 aromatic carbocycles. The number of Topliss-reactive ketones (excluding diaryl/α,β-unsaturated/α-hetero) is 1. The number of hydrogen-bond donors (Lipinski definition) is 2. The second kappa shape index (κ2) is 10.6. The summed E-state index contributed by atoms with van der Waals surface area (Å²) in [6.07, 6.45) is 3.40. The number of rotatable bonds is 11. The molecule has 0 bridgehead atoms. The fraction of sp³-hybridized carbons (Fsp3) is 0.455. The molecule has 0 aliphatic rings. The van der Waals surface area contributed by atoms with Crippen molar-refractivity contribution in [3.63, 3.8) is 0 Å². The van der Waals surface area contributed by atoms with Crippen molar-refractivity contribution >= 4 is 11.7 Å². The molecule has 0 saturated carbocycles. The van der Waals surface area contributed by atoms with E-state index in [1.165, 1.54) is 0 Å². The third-order valence-corrected chi connectivity index (χ3v) is 3.95. The van der Waals surface area contributed by atoms with Crippen LogP contribution in [0.15, 0.2) is 55.3 Å². The molecule has 4 heteroatoms. The smallest absolute Gasteiger partial charge is 0.239 e. The minimum atomic E-state index is -0.103. The molecule has 0 radical (unpaired) electrons. The maximum Gasteiger partial charge on any atom is 0.239 e. The predicted octanol–water partition coefficient (Wildman–Crippen LogP) is 3.99. The molecule has 0 aliphatic carbocycles. The molecule has 26 heavy (non-hydrogen) atoms. The van der Waals surface area contributed by atoms with Gasteiger partial charge in [0.1, 0.15) is 5.78 Å². The monoisotopic (exact) mass is 356 g/mol. The normalized spacial score (nSPS) is 12.1. The quantitative estimate of drug-likeness (QED) is 0.589. The van der Waals surface area contributed by atoms with Crippen LogP contribution in [0.2, 0.25) is 0 Å². The zero-order valence-electron chi connectivity index (χ0n) is 16.3. The first-order valence-electron chi connectivity index (χ1n) is 9.07. The van der Waals surface area contributed by atoms with Gasteiger partial charge in [0.15, 0.2) is 0 Å². The molecule has 142 valence electrons. The van der Waals surface area contributed by atoms with Crippen molar-refractivity contribution < 1.29 is 9.59 Å². The Bertz CT molecular complexity index is 615. The fourth-order valence-corrected chi connectivity index (χ4v) is 2.69. The largest absolute Gasteiger partial charge is 0.380 e. The van der Waals surface area contributed by atoms with Gasteiger partial charge in [0.25, 0.3) is 0 Å². The standard InChI is InChI=1S/C22H32N2O2/c1-6-10-19(13-20(25)14-22(3,4)5)17(2)23-16-21(26)24-15-18-11-8-7-9-12-18/h6-9,11-12,19,23H,1-2,10,13-16H2,3-5H3,(H,24,26). The Balaban J connectivity index is 2.44. The molecular weight excluding hydrogens is 324 g/mol. The summed E-state index contributed by atoms with van der Waals surface area (Å²) in [6.45, 7) is 14.6. The van der Waals surface area contributed by atoms with Crippen LogP contribution in [0.1, 0.15) is 45.6 Å². The van der Waals surface area contributed by atoms with E-state index >= 15 is 0 Å². The van der Waals surface area contributed by atoms with Gasteiger partial charge in [-0.1, -0.05) is 63.8 Å². The minimum Gasteiger partial charge on any atom is -0.380 e. The lowest BCUT2D eigenvalue weighted by Crippen LogP contribution is -2.34. The molecule has 0 aromatic heterocycles. The number of allylic oxidation sites excluding steroid dienone is 2. The first kappa shape index (κ1) is 21.7. The molecule has 0 fully saturated rings. The third-order valence-electron chi connectivity index (χ3n) is 3.95. The maximum absolute atomic E-state index is 12.3. The van der Waals surface area contributed by atoms with E-state index in [2.05, 4.69) is 44.6 Å². The second-order valence-corrected chi connectivity index (χ2v) is 7.84. The second-order valence-electron chi connectivity index (χ2n) is 7.84. The third kappa shape index (κ3) is 9.21. The lowest BCUT2D eigenvalue weighted by Gasteiger charge is -2.22. The Morgan fingerprint density at radius 1 is 1.15 bits per heavy atom. The first-order chi connectivity index (χ1) is 12.2. The van der Waals surface area contributed by atoms with Gasteiger partial charge < -0.3 is 10.6 Å². The van der Waals surface area contributed by atoms with Gasteiger partial charge in [-0.25, -0.2) is 0 Å².